The van der Waals surface area contributed by atoms with Crippen LogP contribution in [0, 0.1) is 5.92 Å². The van der Waals surface area contributed by atoms with Crippen molar-refractivity contribution in [3.8, 4) is 0 Å². The summed E-state index contributed by atoms with van der Waals surface area (Å²) in [5.74, 6) is -0.370. The van der Waals surface area contributed by atoms with Crippen LogP contribution in [0.4, 0.5) is 0 Å². The highest BCUT2D eigenvalue weighted by Crippen LogP contribution is 2.20. The van der Waals surface area contributed by atoms with Crippen molar-refractivity contribution >= 4 is 23.6 Å². The molecule has 19 heavy (non-hydrogen) atoms. The Balaban J connectivity index is 2.49. The molecule has 1 aromatic carbocycles. The maximum absolute atomic E-state index is 11.9. The summed E-state index contributed by atoms with van der Waals surface area (Å²) in [6, 6.07) is 7.17. The highest BCUT2D eigenvalue weighted by Gasteiger charge is 2.13. The largest absolute Gasteiger partial charge is 0.452 e. The number of thioether (sulfide) groups is 1. The molecular formula is C14H19NO3S. The fourth-order valence-corrected chi connectivity index (χ4v) is 1.98. The molecule has 5 heteroatoms. The molecule has 1 N–H and O–H groups in total. The van der Waals surface area contributed by atoms with Crippen LogP contribution in [0.1, 0.15) is 24.2 Å². The van der Waals surface area contributed by atoms with Gasteiger partial charge in [0, 0.05) is 11.4 Å². The van der Waals surface area contributed by atoms with E-state index in [2.05, 4.69) is 5.32 Å². The zero-order chi connectivity index (χ0) is 14.3. The van der Waals surface area contributed by atoms with E-state index < -0.39 is 5.97 Å². The van der Waals surface area contributed by atoms with Gasteiger partial charge < -0.3 is 10.1 Å². The van der Waals surface area contributed by atoms with Gasteiger partial charge in [-0.15, -0.1) is 11.8 Å². The number of benzene rings is 1. The minimum Gasteiger partial charge on any atom is -0.452 e. The Morgan fingerprint density at radius 3 is 2.63 bits per heavy atom. The number of ether oxygens (including phenoxy) is 1. The van der Waals surface area contributed by atoms with Crippen molar-refractivity contribution in [2.24, 2.45) is 5.92 Å². The molecule has 1 aromatic rings. The summed E-state index contributed by atoms with van der Waals surface area (Å²) in [4.78, 5) is 24.1. The standard InChI is InChI=1S/C14H19NO3S/c1-10(2)8-15-13(16)9-18-14(17)11-6-4-5-7-12(11)19-3/h4-7,10H,8-9H2,1-3H3,(H,15,16). The number of hydrogen-bond donors (Lipinski definition) is 1. The van der Waals surface area contributed by atoms with E-state index in [4.69, 9.17) is 4.74 Å². The molecule has 0 spiro atoms. The van der Waals surface area contributed by atoms with E-state index in [1.54, 1.807) is 12.1 Å². The summed E-state index contributed by atoms with van der Waals surface area (Å²) in [6.07, 6.45) is 1.89. The molecule has 0 aliphatic carbocycles. The highest BCUT2D eigenvalue weighted by molar-refractivity contribution is 7.98. The molecule has 1 rings (SSSR count). The number of carbonyl (C=O) groups is 2. The van der Waals surface area contributed by atoms with Crippen LogP contribution in [0.15, 0.2) is 29.2 Å². The van der Waals surface area contributed by atoms with E-state index in [0.29, 0.717) is 18.0 Å². The topological polar surface area (TPSA) is 55.4 Å². The molecule has 0 unspecified atom stereocenters. The summed E-state index contributed by atoms with van der Waals surface area (Å²) < 4.78 is 5.00. The summed E-state index contributed by atoms with van der Waals surface area (Å²) in [6.45, 7) is 4.34. The first-order chi connectivity index (χ1) is 9.04. The van der Waals surface area contributed by atoms with Gasteiger partial charge in [0.15, 0.2) is 6.61 Å². The van der Waals surface area contributed by atoms with Gasteiger partial charge >= 0.3 is 5.97 Å². The highest BCUT2D eigenvalue weighted by atomic mass is 32.2. The Morgan fingerprint density at radius 2 is 2.00 bits per heavy atom. The molecular weight excluding hydrogens is 262 g/mol. The van der Waals surface area contributed by atoms with E-state index in [1.807, 2.05) is 32.2 Å². The number of amides is 1. The lowest BCUT2D eigenvalue weighted by molar-refractivity contribution is -0.124. The average molecular weight is 281 g/mol. The second kappa shape index (κ2) is 7.84. The molecule has 1 amide bonds. The maximum atomic E-state index is 11.9. The number of hydrogen-bond acceptors (Lipinski definition) is 4. The normalized spacial score (nSPS) is 10.3. The molecule has 0 aromatic heterocycles. The minimum atomic E-state index is -0.468. The van der Waals surface area contributed by atoms with Crippen molar-refractivity contribution in [2.75, 3.05) is 19.4 Å². The number of nitrogens with one attached hydrogen (secondary N) is 1. The Hall–Kier alpha value is -1.49. The first-order valence-electron chi connectivity index (χ1n) is 6.11. The zero-order valence-electron chi connectivity index (χ0n) is 11.4. The van der Waals surface area contributed by atoms with Crippen molar-refractivity contribution < 1.29 is 14.3 Å². The fraction of sp³-hybridized carbons (Fsp3) is 0.429. The predicted octanol–water partition coefficient (Wildman–Crippen LogP) is 2.34. The van der Waals surface area contributed by atoms with Crippen LogP contribution in [0.25, 0.3) is 0 Å². The molecule has 4 nitrogen and oxygen atoms in total. The summed E-state index contributed by atoms with van der Waals surface area (Å²) in [5, 5.41) is 2.70. The van der Waals surface area contributed by atoms with Crippen molar-refractivity contribution in [3.63, 3.8) is 0 Å². The quantitative estimate of drug-likeness (QED) is 0.642. The van der Waals surface area contributed by atoms with Crippen LogP contribution < -0.4 is 5.32 Å². The van der Waals surface area contributed by atoms with E-state index in [1.165, 1.54) is 11.8 Å². The summed E-state index contributed by atoms with van der Waals surface area (Å²) >= 11 is 1.47. The number of esters is 1. The molecule has 0 radical (unpaired) electrons. The molecule has 0 atom stereocenters. The van der Waals surface area contributed by atoms with E-state index in [-0.39, 0.29) is 12.5 Å². The lowest BCUT2D eigenvalue weighted by Crippen LogP contribution is -2.31. The summed E-state index contributed by atoms with van der Waals surface area (Å²) in [5.41, 5.74) is 0.492. The smallest absolute Gasteiger partial charge is 0.339 e. The Morgan fingerprint density at radius 1 is 1.32 bits per heavy atom. The van der Waals surface area contributed by atoms with Gasteiger partial charge in [-0.25, -0.2) is 4.79 Å². The first-order valence-corrected chi connectivity index (χ1v) is 7.34. The van der Waals surface area contributed by atoms with Gasteiger partial charge in [0.25, 0.3) is 5.91 Å². The molecule has 0 fully saturated rings. The molecule has 104 valence electrons. The van der Waals surface area contributed by atoms with Gasteiger partial charge in [0.2, 0.25) is 0 Å². The second-order valence-electron chi connectivity index (χ2n) is 4.47. The SMILES string of the molecule is CSc1ccccc1C(=O)OCC(=O)NCC(C)C. The molecule has 0 bridgehead atoms. The van der Waals surface area contributed by atoms with Crippen LogP contribution in [-0.4, -0.2) is 31.3 Å². The Labute approximate surface area is 117 Å². The van der Waals surface area contributed by atoms with Gasteiger partial charge in [-0.3, -0.25) is 4.79 Å². The van der Waals surface area contributed by atoms with Gasteiger partial charge in [-0.2, -0.15) is 0 Å². The third-order valence-electron chi connectivity index (χ3n) is 2.37. The fourth-order valence-electron chi connectivity index (χ4n) is 1.39. The van der Waals surface area contributed by atoms with Crippen LogP contribution in [0.3, 0.4) is 0 Å². The second-order valence-corrected chi connectivity index (χ2v) is 5.32. The molecule has 0 aliphatic heterocycles. The molecule has 0 heterocycles. The van der Waals surface area contributed by atoms with E-state index in [9.17, 15) is 9.59 Å². The van der Waals surface area contributed by atoms with Crippen molar-refractivity contribution in [2.45, 2.75) is 18.7 Å². The van der Waals surface area contributed by atoms with Crippen LogP contribution in [-0.2, 0) is 9.53 Å². The Kier molecular flexibility index (Phi) is 6.42. The van der Waals surface area contributed by atoms with Gasteiger partial charge in [-0.1, -0.05) is 26.0 Å². The van der Waals surface area contributed by atoms with E-state index in [0.717, 1.165) is 4.90 Å². The molecule has 0 aliphatic rings. The number of rotatable bonds is 6. The lowest BCUT2D eigenvalue weighted by Gasteiger charge is -2.09. The monoisotopic (exact) mass is 281 g/mol. The Bertz CT molecular complexity index is 446. The minimum absolute atomic E-state index is 0.242. The maximum Gasteiger partial charge on any atom is 0.339 e. The molecule has 0 saturated carbocycles. The summed E-state index contributed by atoms with van der Waals surface area (Å²) in [7, 11) is 0. The third kappa shape index (κ3) is 5.34. The zero-order valence-corrected chi connectivity index (χ0v) is 12.3. The third-order valence-corrected chi connectivity index (χ3v) is 3.16. The van der Waals surface area contributed by atoms with Crippen LogP contribution >= 0.6 is 11.8 Å². The molecule has 0 saturated heterocycles. The average Bonchev–Trinajstić information content (AvgIpc) is 2.42. The van der Waals surface area contributed by atoms with Gasteiger partial charge in [0.05, 0.1) is 5.56 Å². The first kappa shape index (κ1) is 15.6. The number of carbonyl (C=O) groups excluding carboxylic acids is 2. The van der Waals surface area contributed by atoms with Crippen LogP contribution in [0.5, 0.6) is 0 Å². The van der Waals surface area contributed by atoms with Crippen molar-refractivity contribution in [3.05, 3.63) is 29.8 Å². The van der Waals surface area contributed by atoms with E-state index >= 15 is 0 Å². The van der Waals surface area contributed by atoms with Crippen molar-refractivity contribution in [1.82, 2.24) is 5.32 Å². The predicted molar refractivity (Wildman–Crippen MR) is 76.4 cm³/mol. The van der Waals surface area contributed by atoms with Gasteiger partial charge in [-0.05, 0) is 24.3 Å². The van der Waals surface area contributed by atoms with Crippen molar-refractivity contribution in [1.29, 1.82) is 0 Å². The lowest BCUT2D eigenvalue weighted by atomic mass is 10.2. The van der Waals surface area contributed by atoms with Gasteiger partial charge in [0.1, 0.15) is 0 Å². The van der Waals surface area contributed by atoms with Crippen LogP contribution in [0.2, 0.25) is 0 Å².